The molecule has 0 aromatic carbocycles. The largest absolute Gasteiger partial charge is 0.444 e. The Morgan fingerprint density at radius 3 is 2.33 bits per heavy atom. The smallest absolute Gasteiger partial charge is 0.410 e. The van der Waals surface area contributed by atoms with Crippen molar-refractivity contribution >= 4 is 12.1 Å². The molecule has 0 saturated carbocycles. The third-order valence-corrected chi connectivity index (χ3v) is 1.88. The normalized spacial score (nSPS) is 10.9. The fourth-order valence-electron chi connectivity index (χ4n) is 1.12. The molecule has 1 amide bonds. The lowest BCUT2D eigenvalue weighted by atomic mass is 10.2. The van der Waals surface area contributed by atoms with Crippen molar-refractivity contribution in [3.05, 3.63) is 0 Å². The van der Waals surface area contributed by atoms with Crippen LogP contribution in [-0.2, 0) is 9.47 Å². The van der Waals surface area contributed by atoms with Crippen LogP contribution in [0.25, 0.3) is 0 Å². The van der Waals surface area contributed by atoms with Crippen LogP contribution in [-0.4, -0.2) is 55.9 Å². The van der Waals surface area contributed by atoms with E-state index < -0.39 is 11.7 Å². The van der Waals surface area contributed by atoms with Crippen LogP contribution < -0.4 is 11.5 Å². The number of carbonyl (C=O) groups is 1. The minimum atomic E-state index is -0.529. The van der Waals surface area contributed by atoms with Crippen molar-refractivity contribution in [3.8, 4) is 0 Å². The van der Waals surface area contributed by atoms with Crippen LogP contribution in [0.2, 0.25) is 0 Å². The van der Waals surface area contributed by atoms with Gasteiger partial charge in [0, 0.05) is 20.2 Å². The zero-order valence-electron chi connectivity index (χ0n) is 11.6. The van der Waals surface area contributed by atoms with Gasteiger partial charge >= 0.3 is 6.09 Å². The summed E-state index contributed by atoms with van der Waals surface area (Å²) in [4.78, 5) is 17.2. The molecule has 0 aromatic rings. The number of aliphatic imine (C=N–C) groups is 1. The first-order valence-corrected chi connectivity index (χ1v) is 5.78. The molecule has 0 atom stereocenters. The van der Waals surface area contributed by atoms with Gasteiger partial charge in [0.15, 0.2) is 5.96 Å². The van der Waals surface area contributed by atoms with E-state index in [-0.39, 0.29) is 5.96 Å². The second-order valence-corrected chi connectivity index (χ2v) is 4.77. The van der Waals surface area contributed by atoms with Gasteiger partial charge in [0.25, 0.3) is 0 Å². The third kappa shape index (κ3) is 8.63. The topological polar surface area (TPSA) is 103 Å². The molecular weight excluding hydrogens is 236 g/mol. The van der Waals surface area contributed by atoms with Crippen LogP contribution in [0.1, 0.15) is 20.8 Å². The predicted octanol–water partition coefficient (Wildman–Crippen LogP) is 0.143. The van der Waals surface area contributed by atoms with E-state index in [2.05, 4.69) is 4.99 Å². The van der Waals surface area contributed by atoms with Crippen LogP contribution in [0, 0.1) is 0 Å². The molecule has 7 heteroatoms. The second-order valence-electron chi connectivity index (χ2n) is 4.77. The molecule has 0 aliphatic heterocycles. The Hall–Kier alpha value is -1.50. The molecule has 0 rings (SSSR count). The minimum Gasteiger partial charge on any atom is -0.444 e. The molecule has 0 aliphatic rings. The molecule has 0 fully saturated rings. The van der Waals surface area contributed by atoms with Crippen molar-refractivity contribution in [2.24, 2.45) is 16.5 Å². The highest BCUT2D eigenvalue weighted by atomic mass is 16.6. The van der Waals surface area contributed by atoms with E-state index >= 15 is 0 Å². The lowest BCUT2D eigenvalue weighted by Gasteiger charge is -2.26. The third-order valence-electron chi connectivity index (χ3n) is 1.88. The van der Waals surface area contributed by atoms with Crippen LogP contribution >= 0.6 is 0 Å². The number of hydrogen-bond acceptors (Lipinski definition) is 4. The van der Waals surface area contributed by atoms with Crippen molar-refractivity contribution in [1.29, 1.82) is 0 Å². The van der Waals surface area contributed by atoms with E-state index in [1.807, 2.05) is 20.8 Å². The van der Waals surface area contributed by atoms with Crippen LogP contribution in [0.15, 0.2) is 4.99 Å². The summed E-state index contributed by atoms with van der Waals surface area (Å²) in [5, 5.41) is 0. The first-order valence-electron chi connectivity index (χ1n) is 5.78. The van der Waals surface area contributed by atoms with E-state index in [4.69, 9.17) is 20.9 Å². The molecule has 0 saturated heterocycles. The van der Waals surface area contributed by atoms with Crippen molar-refractivity contribution in [3.63, 3.8) is 0 Å². The average Bonchev–Trinajstić information content (AvgIpc) is 2.19. The van der Waals surface area contributed by atoms with Gasteiger partial charge < -0.3 is 25.8 Å². The van der Waals surface area contributed by atoms with Gasteiger partial charge in [0.2, 0.25) is 0 Å². The number of guanidine groups is 1. The number of nitrogens with two attached hydrogens (primary N) is 2. The highest BCUT2D eigenvalue weighted by Crippen LogP contribution is 2.09. The van der Waals surface area contributed by atoms with Gasteiger partial charge in [0.05, 0.1) is 13.2 Å². The van der Waals surface area contributed by atoms with Crippen molar-refractivity contribution < 1.29 is 14.3 Å². The Labute approximate surface area is 108 Å². The maximum Gasteiger partial charge on any atom is 0.410 e. The predicted molar refractivity (Wildman–Crippen MR) is 70.4 cm³/mol. The molecule has 0 spiro atoms. The van der Waals surface area contributed by atoms with Crippen molar-refractivity contribution in [2.75, 3.05) is 33.4 Å². The number of rotatable bonds is 6. The summed E-state index contributed by atoms with van der Waals surface area (Å²) in [7, 11) is 1.57. The summed E-state index contributed by atoms with van der Waals surface area (Å²) in [6.45, 7) is 7.04. The summed E-state index contributed by atoms with van der Waals surface area (Å²) in [5.41, 5.74) is 9.92. The van der Waals surface area contributed by atoms with Gasteiger partial charge in [-0.2, -0.15) is 0 Å². The molecule has 0 bridgehead atoms. The summed E-state index contributed by atoms with van der Waals surface area (Å²) in [5.74, 6) is 0.00544. The summed E-state index contributed by atoms with van der Waals surface area (Å²) >= 11 is 0. The molecule has 0 aromatic heterocycles. The van der Waals surface area contributed by atoms with Crippen LogP contribution in [0.5, 0.6) is 0 Å². The minimum absolute atomic E-state index is 0.00544. The Balaban J connectivity index is 4.37. The van der Waals surface area contributed by atoms with E-state index in [0.29, 0.717) is 26.2 Å². The lowest BCUT2D eigenvalue weighted by molar-refractivity contribution is 0.0208. The first-order chi connectivity index (χ1) is 8.26. The molecule has 0 radical (unpaired) electrons. The molecule has 0 heterocycles. The van der Waals surface area contributed by atoms with Gasteiger partial charge in [-0.15, -0.1) is 0 Å². The molecular formula is C11H24N4O3. The summed E-state index contributed by atoms with van der Waals surface area (Å²) < 4.78 is 10.2. The summed E-state index contributed by atoms with van der Waals surface area (Å²) in [6, 6.07) is 0. The molecule has 4 N–H and O–H groups in total. The fourth-order valence-corrected chi connectivity index (χ4v) is 1.12. The maximum absolute atomic E-state index is 11.9. The molecule has 0 unspecified atom stereocenters. The van der Waals surface area contributed by atoms with E-state index in [0.717, 1.165) is 0 Å². The quantitative estimate of drug-likeness (QED) is 0.522. The number of ether oxygens (including phenoxy) is 2. The number of amides is 1. The van der Waals surface area contributed by atoms with Crippen LogP contribution in [0.3, 0.4) is 0 Å². The van der Waals surface area contributed by atoms with E-state index in [1.165, 1.54) is 4.90 Å². The van der Waals surface area contributed by atoms with Crippen molar-refractivity contribution in [1.82, 2.24) is 4.90 Å². The number of carbonyl (C=O) groups excluding carboxylic acids is 1. The van der Waals surface area contributed by atoms with E-state index in [9.17, 15) is 4.79 Å². The maximum atomic E-state index is 11.9. The van der Waals surface area contributed by atoms with Gasteiger partial charge in [-0.05, 0) is 20.8 Å². The monoisotopic (exact) mass is 260 g/mol. The fraction of sp³-hybridized carbons (Fsp3) is 0.818. The SMILES string of the molecule is COCCN(CCN=C(N)N)C(=O)OC(C)(C)C. The average molecular weight is 260 g/mol. The highest BCUT2D eigenvalue weighted by molar-refractivity contribution is 5.75. The number of methoxy groups -OCH3 is 1. The molecule has 0 aliphatic carbocycles. The van der Waals surface area contributed by atoms with Gasteiger partial charge in [-0.3, -0.25) is 4.99 Å². The second kappa shape index (κ2) is 7.75. The zero-order valence-corrected chi connectivity index (χ0v) is 11.6. The van der Waals surface area contributed by atoms with Gasteiger partial charge in [-0.1, -0.05) is 0 Å². The molecule has 7 nitrogen and oxygen atoms in total. The van der Waals surface area contributed by atoms with E-state index in [1.54, 1.807) is 7.11 Å². The zero-order chi connectivity index (χ0) is 14.2. The number of nitrogens with zero attached hydrogens (tertiary/aromatic N) is 2. The molecule has 18 heavy (non-hydrogen) atoms. The van der Waals surface area contributed by atoms with Crippen molar-refractivity contribution in [2.45, 2.75) is 26.4 Å². The van der Waals surface area contributed by atoms with Gasteiger partial charge in [0.1, 0.15) is 5.60 Å². The first kappa shape index (κ1) is 16.5. The Morgan fingerprint density at radius 2 is 1.89 bits per heavy atom. The Kier molecular flexibility index (Phi) is 7.11. The Bertz CT molecular complexity index is 283. The Morgan fingerprint density at radius 1 is 1.28 bits per heavy atom. The standard InChI is InChI=1S/C11H24N4O3/c1-11(2,3)18-10(16)15(7-8-17-4)6-5-14-9(12)13/h5-8H2,1-4H3,(H4,12,13,14). The lowest BCUT2D eigenvalue weighted by Crippen LogP contribution is -2.40. The number of hydrogen-bond donors (Lipinski definition) is 2. The summed E-state index contributed by atoms with van der Waals surface area (Å²) in [6.07, 6.45) is -0.398. The van der Waals surface area contributed by atoms with Gasteiger partial charge in [-0.25, -0.2) is 4.79 Å². The highest BCUT2D eigenvalue weighted by Gasteiger charge is 2.21. The molecule has 106 valence electrons. The van der Waals surface area contributed by atoms with Crippen LogP contribution in [0.4, 0.5) is 4.79 Å².